The van der Waals surface area contributed by atoms with E-state index in [0.29, 0.717) is 34.9 Å². The third kappa shape index (κ3) is 3.25. The van der Waals surface area contributed by atoms with Gasteiger partial charge in [0.1, 0.15) is 11.6 Å². The summed E-state index contributed by atoms with van der Waals surface area (Å²) in [5, 5.41) is 12.9. The number of hydrogen-bond donors (Lipinski definition) is 2. The fraction of sp³-hybridized carbons (Fsp3) is 0.333. The van der Waals surface area contributed by atoms with Crippen LogP contribution in [0.1, 0.15) is 48.8 Å². The molecule has 1 aromatic heterocycles. The first kappa shape index (κ1) is 18.5. The number of nitriles is 1. The van der Waals surface area contributed by atoms with Crippen molar-refractivity contribution < 1.29 is 4.79 Å². The summed E-state index contributed by atoms with van der Waals surface area (Å²) in [7, 11) is 0. The molecule has 6 nitrogen and oxygen atoms in total. The van der Waals surface area contributed by atoms with Gasteiger partial charge in [-0.25, -0.2) is 4.98 Å². The maximum atomic E-state index is 13.0. The molecule has 28 heavy (non-hydrogen) atoms. The summed E-state index contributed by atoms with van der Waals surface area (Å²) in [6.07, 6.45) is 4.17. The van der Waals surface area contributed by atoms with Gasteiger partial charge in [-0.2, -0.15) is 5.26 Å². The Balaban J connectivity index is 1.88. The van der Waals surface area contributed by atoms with Gasteiger partial charge in [-0.3, -0.25) is 9.59 Å². The molecule has 2 atom stereocenters. The fourth-order valence-electron chi connectivity index (χ4n) is 3.86. The number of benzene rings is 1. The van der Waals surface area contributed by atoms with E-state index in [9.17, 15) is 9.59 Å². The zero-order valence-electron chi connectivity index (χ0n) is 15.5. The Morgan fingerprint density at radius 1 is 1.25 bits per heavy atom. The van der Waals surface area contributed by atoms with E-state index in [0.717, 1.165) is 23.4 Å². The molecule has 2 heterocycles. The number of thioether (sulfide) groups is 1. The first-order valence-electron chi connectivity index (χ1n) is 9.39. The molecule has 2 N–H and O–H groups in total. The van der Waals surface area contributed by atoms with Gasteiger partial charge in [-0.1, -0.05) is 36.9 Å². The maximum absolute atomic E-state index is 13.0. The molecule has 2 aliphatic rings. The summed E-state index contributed by atoms with van der Waals surface area (Å²) in [4.78, 5) is 33.3. The van der Waals surface area contributed by atoms with E-state index < -0.39 is 11.8 Å². The number of anilines is 1. The summed E-state index contributed by atoms with van der Waals surface area (Å²) < 4.78 is 0. The highest BCUT2D eigenvalue weighted by molar-refractivity contribution is 7.99. The highest BCUT2D eigenvalue weighted by Crippen LogP contribution is 2.44. The van der Waals surface area contributed by atoms with Gasteiger partial charge in [0.05, 0.1) is 23.1 Å². The molecule has 7 heteroatoms. The quantitative estimate of drug-likeness (QED) is 0.610. The average Bonchev–Trinajstić information content (AvgIpc) is 2.71. The van der Waals surface area contributed by atoms with Crippen molar-refractivity contribution in [2.75, 3.05) is 11.1 Å². The van der Waals surface area contributed by atoms with Crippen LogP contribution in [0.2, 0.25) is 0 Å². The minimum atomic E-state index is -0.425. The lowest BCUT2D eigenvalue weighted by Crippen LogP contribution is -2.38. The van der Waals surface area contributed by atoms with Crippen molar-refractivity contribution in [3.8, 4) is 6.07 Å². The lowest BCUT2D eigenvalue weighted by atomic mass is 9.72. The van der Waals surface area contributed by atoms with E-state index in [-0.39, 0.29) is 11.3 Å². The van der Waals surface area contributed by atoms with E-state index in [1.165, 1.54) is 11.8 Å². The number of allylic oxidation sites excluding steroid dienone is 2. The first-order valence-corrected chi connectivity index (χ1v) is 10.4. The molecule has 142 valence electrons. The molecular formula is C21H20N4O2S. The highest BCUT2D eigenvalue weighted by Gasteiger charge is 2.42. The summed E-state index contributed by atoms with van der Waals surface area (Å²) in [6.45, 7) is 2.08. The van der Waals surface area contributed by atoms with Crippen molar-refractivity contribution >= 4 is 23.4 Å². The van der Waals surface area contributed by atoms with Crippen molar-refractivity contribution in [2.24, 2.45) is 5.92 Å². The number of hydrogen-bond acceptors (Lipinski definition) is 6. The minimum Gasteiger partial charge on any atom is -0.343 e. The molecule has 0 amide bonds. The van der Waals surface area contributed by atoms with Gasteiger partial charge in [-0.15, -0.1) is 0 Å². The minimum absolute atomic E-state index is 0.119. The Hall–Kier alpha value is -2.85. The SMILES string of the molecule is CCCSc1nc2c(c(=O)[nH]1)[C@H](c1ccc(C#N)cc1)[C@H]1C(=O)CCC=C1N2. The number of carbonyl (C=O) groups is 1. The van der Waals surface area contributed by atoms with E-state index in [1.54, 1.807) is 12.1 Å². The maximum Gasteiger partial charge on any atom is 0.257 e. The topological polar surface area (TPSA) is 98.6 Å². The number of aromatic amines is 1. The number of H-pyrrole nitrogens is 1. The third-order valence-electron chi connectivity index (χ3n) is 5.12. The first-order chi connectivity index (χ1) is 13.6. The summed E-state index contributed by atoms with van der Waals surface area (Å²) >= 11 is 1.51. The van der Waals surface area contributed by atoms with Crippen LogP contribution in [0.5, 0.6) is 0 Å². The molecule has 0 saturated heterocycles. The largest absolute Gasteiger partial charge is 0.343 e. The lowest BCUT2D eigenvalue weighted by Gasteiger charge is -2.36. The number of rotatable bonds is 4. The Kier molecular flexibility index (Phi) is 5.05. The molecule has 0 unspecified atom stereocenters. The van der Waals surface area contributed by atoms with Crippen molar-refractivity contribution in [2.45, 2.75) is 37.3 Å². The molecule has 0 fully saturated rings. The van der Waals surface area contributed by atoms with E-state index in [1.807, 2.05) is 18.2 Å². The molecule has 4 rings (SSSR count). The normalized spacial score (nSPS) is 20.4. The predicted octanol–water partition coefficient (Wildman–Crippen LogP) is 3.56. The summed E-state index contributed by atoms with van der Waals surface area (Å²) in [5.41, 5.74) is 2.48. The van der Waals surface area contributed by atoms with Crippen molar-refractivity contribution in [1.82, 2.24) is 9.97 Å². The monoisotopic (exact) mass is 392 g/mol. The van der Waals surface area contributed by atoms with E-state index in [2.05, 4.69) is 28.3 Å². The Labute approximate surface area is 167 Å². The van der Waals surface area contributed by atoms with Crippen molar-refractivity contribution in [3.05, 3.63) is 63.1 Å². The van der Waals surface area contributed by atoms with E-state index in [4.69, 9.17) is 5.26 Å². The molecule has 0 bridgehead atoms. The van der Waals surface area contributed by atoms with Gasteiger partial charge < -0.3 is 10.3 Å². The van der Waals surface area contributed by atoms with Crippen LogP contribution < -0.4 is 10.9 Å². The predicted molar refractivity (Wildman–Crippen MR) is 108 cm³/mol. The standard InChI is InChI=1S/C21H20N4O2S/c1-2-10-28-21-24-19-18(20(27)25-21)16(13-8-6-12(11-22)7-9-13)17-14(23-19)4-3-5-15(17)26/h4,6-9,16-17H,2-3,5,10H2,1H3,(H2,23,24,25,27)/t16-,17-/m1/s1. The molecule has 1 aromatic carbocycles. The van der Waals surface area contributed by atoms with Crippen LogP contribution in [-0.4, -0.2) is 21.5 Å². The van der Waals surface area contributed by atoms with Crippen molar-refractivity contribution in [1.29, 1.82) is 5.26 Å². The average molecular weight is 392 g/mol. The van der Waals surface area contributed by atoms with Gasteiger partial charge in [0.25, 0.3) is 5.56 Å². The number of fused-ring (bicyclic) bond motifs is 2. The number of Topliss-reactive ketones (excluding diaryl/α,β-unsaturated/α-hetero) is 1. The highest BCUT2D eigenvalue weighted by atomic mass is 32.2. The zero-order chi connectivity index (χ0) is 19.7. The van der Waals surface area contributed by atoms with Crippen LogP contribution in [0.15, 0.2) is 46.0 Å². The van der Waals surface area contributed by atoms with Crippen LogP contribution in [0.3, 0.4) is 0 Å². The van der Waals surface area contributed by atoms with Crippen LogP contribution >= 0.6 is 11.8 Å². The molecule has 1 aliphatic carbocycles. The Morgan fingerprint density at radius 2 is 2.04 bits per heavy atom. The third-order valence-corrected chi connectivity index (χ3v) is 6.20. The molecule has 0 radical (unpaired) electrons. The molecule has 0 saturated carbocycles. The number of carbonyl (C=O) groups excluding carboxylic acids is 1. The molecule has 0 spiro atoms. The number of nitrogens with zero attached hydrogens (tertiary/aromatic N) is 2. The number of aromatic nitrogens is 2. The van der Waals surface area contributed by atoms with Gasteiger partial charge >= 0.3 is 0 Å². The summed E-state index contributed by atoms with van der Waals surface area (Å²) in [6, 6.07) is 9.21. The number of ketones is 1. The fourth-order valence-corrected chi connectivity index (χ4v) is 4.58. The summed E-state index contributed by atoms with van der Waals surface area (Å²) in [5.74, 6) is 0.670. The lowest BCUT2D eigenvalue weighted by molar-refractivity contribution is -0.122. The van der Waals surface area contributed by atoms with Gasteiger partial charge in [0.15, 0.2) is 5.16 Å². The van der Waals surface area contributed by atoms with Gasteiger partial charge in [-0.05, 0) is 30.5 Å². The second-order valence-corrected chi connectivity index (χ2v) is 8.04. The van der Waals surface area contributed by atoms with Crippen LogP contribution in [0.4, 0.5) is 5.82 Å². The van der Waals surface area contributed by atoms with Crippen molar-refractivity contribution in [3.63, 3.8) is 0 Å². The Morgan fingerprint density at radius 3 is 2.75 bits per heavy atom. The van der Waals surface area contributed by atoms with Gasteiger partial charge in [0, 0.05) is 23.8 Å². The second-order valence-electron chi connectivity index (χ2n) is 6.96. The van der Waals surface area contributed by atoms with E-state index >= 15 is 0 Å². The zero-order valence-corrected chi connectivity index (χ0v) is 16.3. The molecule has 1 aliphatic heterocycles. The number of nitrogens with one attached hydrogen (secondary N) is 2. The molecular weight excluding hydrogens is 372 g/mol. The smallest absolute Gasteiger partial charge is 0.257 e. The van der Waals surface area contributed by atoms with Crippen LogP contribution in [0, 0.1) is 17.2 Å². The van der Waals surface area contributed by atoms with Gasteiger partial charge in [0.2, 0.25) is 0 Å². The van der Waals surface area contributed by atoms with Crippen LogP contribution in [-0.2, 0) is 4.79 Å². The second kappa shape index (κ2) is 7.64. The molecule has 2 aromatic rings. The van der Waals surface area contributed by atoms with Crippen LogP contribution in [0.25, 0.3) is 0 Å². The Bertz CT molecular complexity index is 1050.